The Hall–Kier alpha value is -2.40. The molecule has 23 heavy (non-hydrogen) atoms. The molecule has 1 N–H and O–H groups in total. The van der Waals surface area contributed by atoms with E-state index in [1.165, 1.54) is 17.8 Å². The summed E-state index contributed by atoms with van der Waals surface area (Å²) in [6.07, 6.45) is 3.13. The second-order valence-corrected chi connectivity index (χ2v) is 5.69. The lowest BCUT2D eigenvalue weighted by molar-refractivity contribution is 0.0656. The lowest BCUT2D eigenvalue weighted by Gasteiger charge is -2.28. The zero-order valence-corrected chi connectivity index (χ0v) is 12.9. The van der Waals surface area contributed by atoms with Crippen molar-refractivity contribution in [3.63, 3.8) is 0 Å². The maximum atomic E-state index is 12.8. The second kappa shape index (κ2) is 7.24. The quantitative estimate of drug-likeness (QED) is 0.916. The highest BCUT2D eigenvalue weighted by molar-refractivity contribution is 5.94. The number of carbonyl (C=O) groups is 1. The molecule has 1 atom stereocenters. The summed E-state index contributed by atoms with van der Waals surface area (Å²) >= 11 is 0. The number of aromatic amines is 1. The van der Waals surface area contributed by atoms with E-state index in [0.29, 0.717) is 25.3 Å². The molecule has 2 aromatic rings. The molecular formula is C18H20N2O3. The molecule has 2 heterocycles. The van der Waals surface area contributed by atoms with E-state index in [-0.39, 0.29) is 17.5 Å². The Bertz CT molecular complexity index is 685. The van der Waals surface area contributed by atoms with Crippen LogP contribution in [0.4, 0.5) is 0 Å². The molecule has 0 unspecified atom stereocenters. The monoisotopic (exact) mass is 312 g/mol. The Morgan fingerprint density at radius 3 is 2.70 bits per heavy atom. The van der Waals surface area contributed by atoms with E-state index in [4.69, 9.17) is 4.74 Å². The average Bonchev–Trinajstić information content (AvgIpc) is 3.11. The van der Waals surface area contributed by atoms with Crippen molar-refractivity contribution < 1.29 is 9.53 Å². The van der Waals surface area contributed by atoms with Crippen LogP contribution in [-0.2, 0) is 11.2 Å². The Labute approximate surface area is 134 Å². The number of aromatic nitrogens is 1. The van der Waals surface area contributed by atoms with Crippen molar-refractivity contribution >= 4 is 5.91 Å². The molecular weight excluding hydrogens is 292 g/mol. The van der Waals surface area contributed by atoms with E-state index in [1.807, 2.05) is 23.1 Å². The Morgan fingerprint density at radius 2 is 2.04 bits per heavy atom. The van der Waals surface area contributed by atoms with Gasteiger partial charge in [-0.1, -0.05) is 30.3 Å². The van der Waals surface area contributed by atoms with Crippen LogP contribution in [0, 0.1) is 0 Å². The molecule has 120 valence electrons. The number of hydrogen-bond acceptors (Lipinski definition) is 3. The van der Waals surface area contributed by atoms with Crippen LogP contribution in [0.5, 0.6) is 0 Å². The predicted octanol–water partition coefficient (Wildman–Crippen LogP) is 1.85. The summed E-state index contributed by atoms with van der Waals surface area (Å²) in [5, 5.41) is 0. The molecule has 1 fully saturated rings. The first-order chi connectivity index (χ1) is 11.2. The standard InChI is InChI=1S/C18H20N2O3/c21-17-7-6-15(12-19-17)18(22)20(16-9-11-23-13-16)10-8-14-4-2-1-3-5-14/h1-7,12,16H,8-11,13H2,(H,19,21)/t16-/m1/s1. The van der Waals surface area contributed by atoms with Crippen molar-refractivity contribution in [2.24, 2.45) is 0 Å². The van der Waals surface area contributed by atoms with Gasteiger partial charge in [-0.15, -0.1) is 0 Å². The van der Waals surface area contributed by atoms with Gasteiger partial charge in [-0.3, -0.25) is 9.59 Å². The predicted molar refractivity (Wildman–Crippen MR) is 87.5 cm³/mol. The zero-order chi connectivity index (χ0) is 16.1. The van der Waals surface area contributed by atoms with Gasteiger partial charge in [-0.25, -0.2) is 0 Å². The summed E-state index contributed by atoms with van der Waals surface area (Å²) in [6, 6.07) is 13.2. The first kappa shape index (κ1) is 15.5. The molecule has 0 bridgehead atoms. The third kappa shape index (κ3) is 3.87. The largest absolute Gasteiger partial charge is 0.379 e. The molecule has 5 nitrogen and oxygen atoms in total. The first-order valence-corrected chi connectivity index (χ1v) is 7.85. The lowest BCUT2D eigenvalue weighted by atomic mass is 10.1. The minimum Gasteiger partial charge on any atom is -0.379 e. The van der Waals surface area contributed by atoms with Crippen LogP contribution in [0.25, 0.3) is 0 Å². The fourth-order valence-electron chi connectivity index (χ4n) is 2.82. The van der Waals surface area contributed by atoms with Crippen molar-refractivity contribution in [2.75, 3.05) is 19.8 Å². The molecule has 1 amide bonds. The van der Waals surface area contributed by atoms with Crippen molar-refractivity contribution in [2.45, 2.75) is 18.9 Å². The highest BCUT2D eigenvalue weighted by atomic mass is 16.5. The fourth-order valence-corrected chi connectivity index (χ4v) is 2.82. The number of carbonyl (C=O) groups excluding carboxylic acids is 1. The highest BCUT2D eigenvalue weighted by Crippen LogP contribution is 2.16. The van der Waals surface area contributed by atoms with Crippen molar-refractivity contribution in [3.8, 4) is 0 Å². The fraction of sp³-hybridized carbons (Fsp3) is 0.333. The van der Waals surface area contributed by atoms with Gasteiger partial charge in [0.2, 0.25) is 5.56 Å². The van der Waals surface area contributed by atoms with Crippen LogP contribution in [0.3, 0.4) is 0 Å². The molecule has 3 rings (SSSR count). The van der Waals surface area contributed by atoms with Gasteiger partial charge in [-0.2, -0.15) is 0 Å². The van der Waals surface area contributed by atoms with Crippen LogP contribution in [0.15, 0.2) is 53.5 Å². The summed E-state index contributed by atoms with van der Waals surface area (Å²) < 4.78 is 5.44. The second-order valence-electron chi connectivity index (χ2n) is 5.69. The van der Waals surface area contributed by atoms with Gasteiger partial charge in [0.1, 0.15) is 0 Å². The van der Waals surface area contributed by atoms with E-state index in [2.05, 4.69) is 17.1 Å². The van der Waals surface area contributed by atoms with Crippen LogP contribution in [0.2, 0.25) is 0 Å². The molecule has 1 aliphatic rings. The molecule has 1 aromatic heterocycles. The summed E-state index contributed by atoms with van der Waals surface area (Å²) in [6.45, 7) is 1.89. The van der Waals surface area contributed by atoms with Crippen molar-refractivity contribution in [1.82, 2.24) is 9.88 Å². The van der Waals surface area contributed by atoms with Gasteiger partial charge < -0.3 is 14.6 Å². The van der Waals surface area contributed by atoms with E-state index < -0.39 is 0 Å². The maximum Gasteiger partial charge on any atom is 0.255 e. The highest BCUT2D eigenvalue weighted by Gasteiger charge is 2.27. The summed E-state index contributed by atoms with van der Waals surface area (Å²) in [5.41, 5.74) is 1.50. The van der Waals surface area contributed by atoms with E-state index in [1.54, 1.807) is 6.07 Å². The van der Waals surface area contributed by atoms with Gasteiger partial charge >= 0.3 is 0 Å². The molecule has 5 heteroatoms. The number of pyridine rings is 1. The number of amides is 1. The van der Waals surface area contributed by atoms with Crippen LogP contribution in [0.1, 0.15) is 22.3 Å². The average molecular weight is 312 g/mol. The Kier molecular flexibility index (Phi) is 4.88. The minimum absolute atomic E-state index is 0.0623. The molecule has 0 radical (unpaired) electrons. The topological polar surface area (TPSA) is 62.4 Å². The van der Waals surface area contributed by atoms with Gasteiger partial charge in [0.15, 0.2) is 0 Å². The number of nitrogens with one attached hydrogen (secondary N) is 1. The van der Waals surface area contributed by atoms with Crippen LogP contribution >= 0.6 is 0 Å². The van der Waals surface area contributed by atoms with Gasteiger partial charge in [0.25, 0.3) is 5.91 Å². The Balaban J connectivity index is 1.76. The summed E-state index contributed by atoms with van der Waals surface area (Å²) in [5.74, 6) is -0.0623. The number of H-pyrrole nitrogens is 1. The van der Waals surface area contributed by atoms with Crippen LogP contribution in [-0.4, -0.2) is 41.6 Å². The van der Waals surface area contributed by atoms with Gasteiger partial charge in [0.05, 0.1) is 18.2 Å². The number of nitrogens with zero attached hydrogens (tertiary/aromatic N) is 1. The lowest BCUT2D eigenvalue weighted by Crippen LogP contribution is -2.42. The molecule has 1 saturated heterocycles. The van der Waals surface area contributed by atoms with E-state index >= 15 is 0 Å². The maximum absolute atomic E-state index is 12.8. The smallest absolute Gasteiger partial charge is 0.255 e. The first-order valence-electron chi connectivity index (χ1n) is 7.85. The zero-order valence-electron chi connectivity index (χ0n) is 12.9. The van der Waals surface area contributed by atoms with Crippen LogP contribution < -0.4 is 5.56 Å². The molecule has 0 spiro atoms. The molecule has 1 aliphatic heterocycles. The number of hydrogen-bond donors (Lipinski definition) is 1. The molecule has 1 aromatic carbocycles. The van der Waals surface area contributed by atoms with E-state index in [0.717, 1.165) is 12.8 Å². The number of benzene rings is 1. The van der Waals surface area contributed by atoms with Crippen molar-refractivity contribution in [3.05, 3.63) is 70.1 Å². The normalized spacial score (nSPS) is 17.1. The molecule has 0 aliphatic carbocycles. The van der Waals surface area contributed by atoms with Gasteiger partial charge in [-0.05, 0) is 24.5 Å². The third-order valence-electron chi connectivity index (χ3n) is 4.12. The minimum atomic E-state index is -0.207. The van der Waals surface area contributed by atoms with Crippen molar-refractivity contribution in [1.29, 1.82) is 0 Å². The van der Waals surface area contributed by atoms with E-state index in [9.17, 15) is 9.59 Å². The number of ether oxygens (including phenoxy) is 1. The summed E-state index contributed by atoms with van der Waals surface area (Å²) in [7, 11) is 0. The third-order valence-corrected chi connectivity index (χ3v) is 4.12. The SMILES string of the molecule is O=C(c1ccc(=O)[nH]c1)N(CCc1ccccc1)[C@@H]1CCOC1. The van der Waals surface area contributed by atoms with Gasteiger partial charge in [0, 0.05) is 25.4 Å². The molecule has 0 saturated carbocycles. The summed E-state index contributed by atoms with van der Waals surface area (Å²) in [4.78, 5) is 28.4. The Morgan fingerprint density at radius 1 is 1.22 bits per heavy atom. The number of rotatable bonds is 5.